The van der Waals surface area contributed by atoms with E-state index in [4.69, 9.17) is 0 Å². The van der Waals surface area contributed by atoms with Crippen molar-refractivity contribution in [3.05, 3.63) is 53.7 Å². The number of hydrogen-bond donors (Lipinski definition) is 2. The van der Waals surface area contributed by atoms with Crippen LogP contribution in [0.15, 0.2) is 42.5 Å². The Morgan fingerprint density at radius 1 is 1.15 bits per heavy atom. The molecule has 4 nitrogen and oxygen atoms in total. The fraction of sp³-hybridized carbons (Fsp3) is 0.250. The molecular formula is C16H19N3O. The smallest absolute Gasteiger partial charge is 0.221 e. The first-order valence-electron chi connectivity index (χ1n) is 6.67. The van der Waals surface area contributed by atoms with E-state index in [-0.39, 0.29) is 5.91 Å². The summed E-state index contributed by atoms with van der Waals surface area (Å²) >= 11 is 0. The lowest BCUT2D eigenvalue weighted by atomic mass is 10.1. The van der Waals surface area contributed by atoms with Gasteiger partial charge in [0.2, 0.25) is 5.91 Å². The highest BCUT2D eigenvalue weighted by Crippen LogP contribution is 2.10. The summed E-state index contributed by atoms with van der Waals surface area (Å²) in [5.74, 6) is 0.852. The van der Waals surface area contributed by atoms with Gasteiger partial charge >= 0.3 is 0 Å². The maximum atomic E-state index is 10.9. The Hall–Kier alpha value is -2.36. The second-order valence-electron chi connectivity index (χ2n) is 4.72. The van der Waals surface area contributed by atoms with Crippen molar-refractivity contribution in [3.63, 3.8) is 0 Å². The van der Waals surface area contributed by atoms with Crippen molar-refractivity contribution in [1.82, 2.24) is 4.98 Å². The fourth-order valence-electron chi connectivity index (χ4n) is 1.93. The molecule has 20 heavy (non-hydrogen) atoms. The van der Waals surface area contributed by atoms with Crippen molar-refractivity contribution in [3.8, 4) is 0 Å². The molecule has 104 valence electrons. The van der Waals surface area contributed by atoms with Gasteiger partial charge in [-0.3, -0.25) is 4.79 Å². The molecule has 2 aromatic rings. The number of pyridine rings is 1. The van der Waals surface area contributed by atoms with Crippen LogP contribution in [0.25, 0.3) is 0 Å². The average molecular weight is 269 g/mol. The van der Waals surface area contributed by atoms with Gasteiger partial charge in [0.1, 0.15) is 5.82 Å². The van der Waals surface area contributed by atoms with Gasteiger partial charge in [-0.2, -0.15) is 0 Å². The Morgan fingerprint density at radius 2 is 1.90 bits per heavy atom. The summed E-state index contributed by atoms with van der Waals surface area (Å²) in [6.07, 6.45) is 0.913. The molecule has 0 saturated carbocycles. The lowest BCUT2D eigenvalue weighted by Gasteiger charge is -2.07. The number of hydrogen-bond acceptors (Lipinski definition) is 3. The third-order valence-electron chi connectivity index (χ3n) is 2.88. The zero-order valence-corrected chi connectivity index (χ0v) is 11.8. The number of rotatable bonds is 5. The minimum absolute atomic E-state index is 0.0510. The Morgan fingerprint density at radius 3 is 2.55 bits per heavy atom. The molecule has 0 unspecified atom stereocenters. The zero-order valence-electron chi connectivity index (χ0n) is 11.8. The van der Waals surface area contributed by atoms with E-state index in [0.717, 1.165) is 30.2 Å². The average Bonchev–Trinajstić information content (AvgIpc) is 2.40. The van der Waals surface area contributed by atoms with E-state index in [9.17, 15) is 4.79 Å². The molecule has 4 heteroatoms. The Bertz CT molecular complexity index is 579. The molecule has 1 heterocycles. The predicted octanol–water partition coefficient (Wildman–Crippen LogP) is 3.00. The molecule has 2 rings (SSSR count). The van der Waals surface area contributed by atoms with Crippen LogP contribution in [-0.4, -0.2) is 17.4 Å². The number of nitrogens with one attached hydrogen (secondary N) is 2. The van der Waals surface area contributed by atoms with E-state index in [2.05, 4.69) is 15.6 Å². The Balaban J connectivity index is 1.83. The van der Waals surface area contributed by atoms with Gasteiger partial charge in [0.25, 0.3) is 0 Å². The van der Waals surface area contributed by atoms with E-state index in [1.807, 2.05) is 49.4 Å². The first kappa shape index (κ1) is 14.1. The van der Waals surface area contributed by atoms with Crippen LogP contribution >= 0.6 is 0 Å². The van der Waals surface area contributed by atoms with Crippen molar-refractivity contribution >= 4 is 17.4 Å². The molecule has 0 radical (unpaired) electrons. The van der Waals surface area contributed by atoms with Crippen LogP contribution in [0.2, 0.25) is 0 Å². The maximum Gasteiger partial charge on any atom is 0.221 e. The third-order valence-corrected chi connectivity index (χ3v) is 2.88. The maximum absolute atomic E-state index is 10.9. The first-order valence-corrected chi connectivity index (χ1v) is 6.67. The highest BCUT2D eigenvalue weighted by molar-refractivity contribution is 5.88. The van der Waals surface area contributed by atoms with Gasteiger partial charge in [-0.05, 0) is 43.2 Å². The predicted molar refractivity (Wildman–Crippen MR) is 81.9 cm³/mol. The van der Waals surface area contributed by atoms with E-state index in [0.29, 0.717) is 0 Å². The van der Waals surface area contributed by atoms with Crippen molar-refractivity contribution < 1.29 is 4.79 Å². The molecule has 0 spiro atoms. The van der Waals surface area contributed by atoms with E-state index in [1.165, 1.54) is 12.5 Å². The Kier molecular flexibility index (Phi) is 4.71. The van der Waals surface area contributed by atoms with Gasteiger partial charge in [-0.1, -0.05) is 18.2 Å². The molecule has 0 saturated heterocycles. The summed E-state index contributed by atoms with van der Waals surface area (Å²) in [6.45, 7) is 4.31. The second-order valence-corrected chi connectivity index (χ2v) is 4.72. The van der Waals surface area contributed by atoms with Crippen LogP contribution in [-0.2, 0) is 11.2 Å². The quantitative estimate of drug-likeness (QED) is 0.877. The molecule has 0 fully saturated rings. The molecule has 0 aliphatic heterocycles. The molecule has 0 aliphatic rings. The molecule has 0 bridgehead atoms. The number of aryl methyl sites for hydroxylation is 1. The van der Waals surface area contributed by atoms with Crippen LogP contribution in [0.1, 0.15) is 18.2 Å². The third kappa shape index (κ3) is 4.39. The summed E-state index contributed by atoms with van der Waals surface area (Å²) in [7, 11) is 0. The number of aromatic nitrogens is 1. The van der Waals surface area contributed by atoms with Gasteiger partial charge in [-0.25, -0.2) is 4.98 Å². The van der Waals surface area contributed by atoms with Gasteiger partial charge in [0.05, 0.1) is 0 Å². The lowest BCUT2D eigenvalue weighted by Crippen LogP contribution is -2.07. The summed E-state index contributed by atoms with van der Waals surface area (Å²) in [5, 5.41) is 6.06. The number of amides is 1. The van der Waals surface area contributed by atoms with Crippen molar-refractivity contribution in [2.24, 2.45) is 0 Å². The SMILES string of the molecule is CC(=O)Nc1ccc(CCNc2cccc(C)n2)cc1. The number of benzene rings is 1. The monoisotopic (exact) mass is 269 g/mol. The largest absolute Gasteiger partial charge is 0.370 e. The van der Waals surface area contributed by atoms with Crippen LogP contribution in [0.5, 0.6) is 0 Å². The summed E-state index contributed by atoms with van der Waals surface area (Å²) in [6, 6.07) is 13.8. The fourth-order valence-corrected chi connectivity index (χ4v) is 1.93. The molecule has 0 atom stereocenters. The zero-order chi connectivity index (χ0) is 14.4. The molecule has 1 aromatic carbocycles. The Labute approximate surface area is 119 Å². The highest BCUT2D eigenvalue weighted by Gasteiger charge is 1.98. The van der Waals surface area contributed by atoms with Gasteiger partial charge in [0.15, 0.2) is 0 Å². The van der Waals surface area contributed by atoms with Crippen LogP contribution in [0.4, 0.5) is 11.5 Å². The lowest BCUT2D eigenvalue weighted by molar-refractivity contribution is -0.114. The van der Waals surface area contributed by atoms with E-state index < -0.39 is 0 Å². The number of carbonyl (C=O) groups is 1. The molecule has 2 N–H and O–H groups in total. The summed E-state index contributed by atoms with van der Waals surface area (Å²) < 4.78 is 0. The number of nitrogens with zero attached hydrogens (tertiary/aromatic N) is 1. The molecule has 0 aliphatic carbocycles. The van der Waals surface area contributed by atoms with E-state index in [1.54, 1.807) is 0 Å². The number of anilines is 2. The topological polar surface area (TPSA) is 54.0 Å². The van der Waals surface area contributed by atoms with Crippen molar-refractivity contribution in [1.29, 1.82) is 0 Å². The standard InChI is InChI=1S/C16H19N3O/c1-12-4-3-5-16(18-12)17-11-10-14-6-8-15(9-7-14)19-13(2)20/h3-9H,10-11H2,1-2H3,(H,17,18)(H,19,20). The molecular weight excluding hydrogens is 250 g/mol. The second kappa shape index (κ2) is 6.70. The molecule has 1 amide bonds. The van der Waals surface area contributed by atoms with Crippen LogP contribution < -0.4 is 10.6 Å². The summed E-state index contributed by atoms with van der Waals surface area (Å²) in [5.41, 5.74) is 3.06. The van der Waals surface area contributed by atoms with Crippen molar-refractivity contribution in [2.75, 3.05) is 17.2 Å². The van der Waals surface area contributed by atoms with Gasteiger partial charge in [-0.15, -0.1) is 0 Å². The minimum Gasteiger partial charge on any atom is -0.370 e. The van der Waals surface area contributed by atoms with E-state index >= 15 is 0 Å². The van der Waals surface area contributed by atoms with Crippen LogP contribution in [0.3, 0.4) is 0 Å². The van der Waals surface area contributed by atoms with Gasteiger partial charge < -0.3 is 10.6 Å². The number of carbonyl (C=O) groups excluding carboxylic acids is 1. The first-order chi connectivity index (χ1) is 9.63. The summed E-state index contributed by atoms with van der Waals surface area (Å²) in [4.78, 5) is 15.3. The normalized spacial score (nSPS) is 10.1. The highest BCUT2D eigenvalue weighted by atomic mass is 16.1. The van der Waals surface area contributed by atoms with Crippen LogP contribution in [0, 0.1) is 6.92 Å². The molecule has 1 aromatic heterocycles. The van der Waals surface area contributed by atoms with Crippen molar-refractivity contribution in [2.45, 2.75) is 20.3 Å². The van der Waals surface area contributed by atoms with Gasteiger partial charge in [0, 0.05) is 24.8 Å². The minimum atomic E-state index is -0.0510.